The predicted octanol–water partition coefficient (Wildman–Crippen LogP) is 3.67. The standard InChI is InChI=1S/C15H14F3N5O/c1-10(19-12-7-8-23(22-12)9-15(16,17)18)13-20-21-14(24-13)11-5-3-2-4-6-11/h2-8,10H,9H2,1H3,(H,19,22)/t10-/m1/s1. The molecule has 3 rings (SSSR count). The molecule has 0 aliphatic heterocycles. The summed E-state index contributed by atoms with van der Waals surface area (Å²) in [6, 6.07) is 10.3. The molecule has 2 aromatic heterocycles. The number of halogens is 3. The summed E-state index contributed by atoms with van der Waals surface area (Å²) in [6.45, 7) is 0.618. The Morgan fingerprint density at radius 2 is 1.92 bits per heavy atom. The molecule has 1 N–H and O–H groups in total. The monoisotopic (exact) mass is 337 g/mol. The minimum Gasteiger partial charge on any atom is -0.418 e. The number of benzene rings is 1. The van der Waals surface area contributed by atoms with Gasteiger partial charge in [0.05, 0.1) is 0 Å². The van der Waals surface area contributed by atoms with E-state index in [4.69, 9.17) is 4.42 Å². The van der Waals surface area contributed by atoms with E-state index in [0.717, 1.165) is 10.2 Å². The van der Waals surface area contributed by atoms with Crippen LogP contribution in [0, 0.1) is 0 Å². The lowest BCUT2D eigenvalue weighted by molar-refractivity contribution is -0.142. The topological polar surface area (TPSA) is 68.8 Å². The molecule has 0 amide bonds. The van der Waals surface area contributed by atoms with Crippen molar-refractivity contribution in [1.82, 2.24) is 20.0 Å². The molecule has 0 aliphatic carbocycles. The van der Waals surface area contributed by atoms with Crippen molar-refractivity contribution < 1.29 is 17.6 Å². The fourth-order valence-electron chi connectivity index (χ4n) is 2.10. The number of aromatic nitrogens is 4. The molecule has 2 heterocycles. The lowest BCUT2D eigenvalue weighted by Gasteiger charge is -2.09. The van der Waals surface area contributed by atoms with Crippen LogP contribution in [0.3, 0.4) is 0 Å². The minimum atomic E-state index is -4.31. The maximum absolute atomic E-state index is 12.3. The normalized spacial score (nSPS) is 13.0. The van der Waals surface area contributed by atoms with Gasteiger partial charge in [-0.05, 0) is 19.1 Å². The highest BCUT2D eigenvalue weighted by molar-refractivity contribution is 5.51. The van der Waals surface area contributed by atoms with Gasteiger partial charge in [-0.15, -0.1) is 10.2 Å². The van der Waals surface area contributed by atoms with E-state index in [1.54, 1.807) is 6.92 Å². The minimum absolute atomic E-state index is 0.297. The van der Waals surface area contributed by atoms with Gasteiger partial charge in [-0.3, -0.25) is 4.68 Å². The number of anilines is 1. The van der Waals surface area contributed by atoms with Crippen LogP contribution < -0.4 is 5.32 Å². The summed E-state index contributed by atoms with van der Waals surface area (Å²) in [5.74, 6) is 0.993. The second kappa shape index (κ2) is 6.34. The highest BCUT2D eigenvalue weighted by Crippen LogP contribution is 2.23. The van der Waals surface area contributed by atoms with E-state index in [2.05, 4.69) is 20.6 Å². The predicted molar refractivity (Wildman–Crippen MR) is 80.1 cm³/mol. The van der Waals surface area contributed by atoms with E-state index in [1.165, 1.54) is 12.3 Å². The summed E-state index contributed by atoms with van der Waals surface area (Å²) >= 11 is 0. The van der Waals surface area contributed by atoms with Gasteiger partial charge in [0.15, 0.2) is 0 Å². The van der Waals surface area contributed by atoms with Gasteiger partial charge in [0.2, 0.25) is 11.8 Å². The van der Waals surface area contributed by atoms with E-state index in [9.17, 15) is 13.2 Å². The van der Waals surface area contributed by atoms with Gasteiger partial charge >= 0.3 is 6.18 Å². The van der Waals surface area contributed by atoms with Crippen molar-refractivity contribution in [2.45, 2.75) is 25.7 Å². The van der Waals surface area contributed by atoms with Gasteiger partial charge < -0.3 is 9.73 Å². The lowest BCUT2D eigenvalue weighted by Crippen LogP contribution is -2.18. The van der Waals surface area contributed by atoms with E-state index in [1.807, 2.05) is 30.3 Å². The van der Waals surface area contributed by atoms with Gasteiger partial charge in [-0.2, -0.15) is 18.3 Å². The van der Waals surface area contributed by atoms with E-state index >= 15 is 0 Å². The van der Waals surface area contributed by atoms with Crippen LogP contribution in [0.1, 0.15) is 18.9 Å². The number of rotatable bonds is 5. The van der Waals surface area contributed by atoms with Gasteiger partial charge in [-0.1, -0.05) is 18.2 Å². The van der Waals surface area contributed by atoms with Crippen molar-refractivity contribution in [2.24, 2.45) is 0 Å². The van der Waals surface area contributed by atoms with Crippen LogP contribution in [-0.4, -0.2) is 26.2 Å². The van der Waals surface area contributed by atoms with Gasteiger partial charge in [0, 0.05) is 17.8 Å². The number of alkyl halides is 3. The Kier molecular flexibility index (Phi) is 4.24. The van der Waals surface area contributed by atoms with Crippen LogP contribution in [0.5, 0.6) is 0 Å². The molecule has 24 heavy (non-hydrogen) atoms. The Balaban J connectivity index is 1.67. The quantitative estimate of drug-likeness (QED) is 0.769. The Labute approximate surface area is 135 Å². The van der Waals surface area contributed by atoms with E-state index in [-0.39, 0.29) is 0 Å². The smallest absolute Gasteiger partial charge is 0.408 e. The van der Waals surface area contributed by atoms with Crippen LogP contribution in [0.4, 0.5) is 19.0 Å². The van der Waals surface area contributed by atoms with Gasteiger partial charge in [0.1, 0.15) is 18.4 Å². The zero-order valence-electron chi connectivity index (χ0n) is 12.7. The number of nitrogens with one attached hydrogen (secondary N) is 1. The van der Waals surface area contributed by atoms with Crippen molar-refractivity contribution in [1.29, 1.82) is 0 Å². The summed E-state index contributed by atoms with van der Waals surface area (Å²) in [5, 5.41) is 14.7. The zero-order chi connectivity index (χ0) is 17.2. The average molecular weight is 337 g/mol. The summed E-state index contributed by atoms with van der Waals surface area (Å²) in [4.78, 5) is 0. The van der Waals surface area contributed by atoms with Crippen LogP contribution in [0.15, 0.2) is 47.0 Å². The molecular weight excluding hydrogens is 323 g/mol. The molecule has 0 unspecified atom stereocenters. The second-order valence-electron chi connectivity index (χ2n) is 5.19. The first-order valence-electron chi connectivity index (χ1n) is 7.16. The van der Waals surface area contributed by atoms with Crippen LogP contribution in [-0.2, 0) is 6.54 Å². The maximum atomic E-state index is 12.3. The molecule has 6 nitrogen and oxygen atoms in total. The molecule has 0 bridgehead atoms. The molecule has 0 radical (unpaired) electrons. The first kappa shape index (κ1) is 16.0. The van der Waals surface area contributed by atoms with Crippen molar-refractivity contribution in [3.8, 4) is 11.5 Å². The van der Waals surface area contributed by atoms with Crippen LogP contribution in [0.2, 0.25) is 0 Å². The number of hydrogen-bond acceptors (Lipinski definition) is 5. The fraction of sp³-hybridized carbons (Fsp3) is 0.267. The third-order valence-corrected chi connectivity index (χ3v) is 3.18. The number of nitrogens with zero attached hydrogens (tertiary/aromatic N) is 4. The van der Waals surface area contributed by atoms with Crippen LogP contribution >= 0.6 is 0 Å². The molecule has 1 aromatic carbocycles. The molecule has 0 spiro atoms. The number of hydrogen-bond donors (Lipinski definition) is 1. The fourth-order valence-corrected chi connectivity index (χ4v) is 2.10. The molecule has 126 valence electrons. The highest BCUT2D eigenvalue weighted by Gasteiger charge is 2.28. The highest BCUT2D eigenvalue weighted by atomic mass is 19.4. The third-order valence-electron chi connectivity index (χ3n) is 3.18. The largest absolute Gasteiger partial charge is 0.418 e. The Hall–Kier alpha value is -2.84. The van der Waals surface area contributed by atoms with Crippen molar-refractivity contribution in [3.63, 3.8) is 0 Å². The van der Waals surface area contributed by atoms with E-state index in [0.29, 0.717) is 17.6 Å². The zero-order valence-corrected chi connectivity index (χ0v) is 12.7. The summed E-state index contributed by atoms with van der Waals surface area (Å²) in [5.41, 5.74) is 0.790. The summed E-state index contributed by atoms with van der Waals surface area (Å²) in [7, 11) is 0. The Morgan fingerprint density at radius 1 is 1.17 bits per heavy atom. The lowest BCUT2D eigenvalue weighted by atomic mass is 10.2. The average Bonchev–Trinajstić information content (AvgIpc) is 3.16. The molecule has 0 saturated carbocycles. The summed E-state index contributed by atoms with van der Waals surface area (Å²) < 4.78 is 43.4. The SMILES string of the molecule is C[C@@H](Nc1ccn(CC(F)(F)F)n1)c1nnc(-c2ccccc2)o1. The third kappa shape index (κ3) is 3.92. The Morgan fingerprint density at radius 3 is 2.62 bits per heavy atom. The first-order valence-corrected chi connectivity index (χ1v) is 7.16. The molecular formula is C15H14F3N5O. The second-order valence-corrected chi connectivity index (χ2v) is 5.19. The summed E-state index contributed by atoms with van der Waals surface area (Å²) in [6.07, 6.45) is -3.06. The van der Waals surface area contributed by atoms with Crippen molar-refractivity contribution >= 4 is 5.82 Å². The van der Waals surface area contributed by atoms with Crippen LogP contribution in [0.25, 0.3) is 11.5 Å². The van der Waals surface area contributed by atoms with E-state index < -0.39 is 18.8 Å². The Bertz CT molecular complexity index is 797. The molecule has 0 saturated heterocycles. The first-order chi connectivity index (χ1) is 11.4. The van der Waals surface area contributed by atoms with Gasteiger partial charge in [0.25, 0.3) is 0 Å². The van der Waals surface area contributed by atoms with Gasteiger partial charge in [-0.25, -0.2) is 0 Å². The molecule has 1 atom stereocenters. The molecule has 0 fully saturated rings. The maximum Gasteiger partial charge on any atom is 0.408 e. The molecule has 3 aromatic rings. The van der Waals surface area contributed by atoms with Crippen molar-refractivity contribution in [3.05, 3.63) is 48.5 Å². The molecule has 0 aliphatic rings. The van der Waals surface area contributed by atoms with Crippen molar-refractivity contribution in [2.75, 3.05) is 5.32 Å². The molecule has 9 heteroatoms.